The number of hydrogen-bond acceptors (Lipinski definition) is 4. The first-order valence-corrected chi connectivity index (χ1v) is 9.28. The van der Waals surface area contributed by atoms with Crippen LogP contribution in [0.5, 0.6) is 0 Å². The van der Waals surface area contributed by atoms with Crippen molar-refractivity contribution in [3.05, 3.63) is 23.9 Å². The summed E-state index contributed by atoms with van der Waals surface area (Å²) in [5.41, 5.74) is -0.748. The Kier molecular flexibility index (Phi) is 11.5. The van der Waals surface area contributed by atoms with Gasteiger partial charge in [-0.25, -0.2) is 4.98 Å². The molecule has 0 atom stereocenters. The number of hydrogen-bond donors (Lipinski definition) is 3. The van der Waals surface area contributed by atoms with Crippen LogP contribution >= 0.6 is 24.0 Å². The molecule has 28 heavy (non-hydrogen) atoms. The minimum atomic E-state index is -4.36. The van der Waals surface area contributed by atoms with Crippen molar-refractivity contribution in [3.8, 4) is 0 Å². The third-order valence-corrected chi connectivity index (χ3v) is 4.07. The molecule has 0 spiro atoms. The van der Waals surface area contributed by atoms with Gasteiger partial charge in [0, 0.05) is 46.1 Å². The van der Waals surface area contributed by atoms with E-state index in [2.05, 4.69) is 25.9 Å². The van der Waals surface area contributed by atoms with Gasteiger partial charge in [0.2, 0.25) is 0 Å². The maximum atomic E-state index is 12.5. The Labute approximate surface area is 181 Å². The Balaban J connectivity index is 0.00000392. The van der Waals surface area contributed by atoms with Gasteiger partial charge in [-0.2, -0.15) is 13.2 Å². The lowest BCUT2D eigenvalue weighted by Crippen LogP contribution is -2.38. The molecular formula is C18H29F3IN5O. The van der Waals surface area contributed by atoms with E-state index in [0.29, 0.717) is 18.9 Å². The molecule has 1 aliphatic rings. The van der Waals surface area contributed by atoms with Crippen LogP contribution < -0.4 is 16.0 Å². The smallest absolute Gasteiger partial charge is 0.381 e. The van der Waals surface area contributed by atoms with E-state index >= 15 is 0 Å². The molecule has 0 radical (unpaired) electrons. The number of halogens is 4. The maximum Gasteiger partial charge on any atom is 0.417 e. The van der Waals surface area contributed by atoms with E-state index < -0.39 is 11.7 Å². The van der Waals surface area contributed by atoms with Crippen molar-refractivity contribution in [2.24, 2.45) is 10.9 Å². The van der Waals surface area contributed by atoms with Gasteiger partial charge >= 0.3 is 6.18 Å². The molecular weight excluding hydrogens is 486 g/mol. The van der Waals surface area contributed by atoms with Crippen LogP contribution in [0.15, 0.2) is 23.3 Å². The molecule has 2 rings (SSSR count). The molecule has 1 saturated carbocycles. The summed E-state index contributed by atoms with van der Waals surface area (Å²) >= 11 is 0. The number of guanidine groups is 1. The molecule has 0 unspecified atom stereocenters. The number of anilines is 1. The van der Waals surface area contributed by atoms with Crippen molar-refractivity contribution in [3.63, 3.8) is 0 Å². The van der Waals surface area contributed by atoms with Crippen molar-refractivity contribution in [1.82, 2.24) is 15.6 Å². The molecule has 1 aromatic rings. The van der Waals surface area contributed by atoms with Gasteiger partial charge < -0.3 is 20.7 Å². The highest BCUT2D eigenvalue weighted by molar-refractivity contribution is 14.0. The number of nitrogens with one attached hydrogen (secondary N) is 3. The Hall–Kier alpha value is -1.30. The average molecular weight is 515 g/mol. The van der Waals surface area contributed by atoms with Crippen LogP contribution in [-0.2, 0) is 10.9 Å². The second kappa shape index (κ2) is 13.0. The fraction of sp³-hybridized carbons (Fsp3) is 0.667. The number of pyridine rings is 1. The lowest BCUT2D eigenvalue weighted by molar-refractivity contribution is -0.137. The number of aromatic nitrogens is 1. The van der Waals surface area contributed by atoms with Gasteiger partial charge in [0.1, 0.15) is 5.82 Å². The van der Waals surface area contributed by atoms with Crippen molar-refractivity contribution in [1.29, 1.82) is 0 Å². The average Bonchev–Trinajstić information content (AvgIpc) is 3.46. The van der Waals surface area contributed by atoms with Crippen molar-refractivity contribution in [2.45, 2.75) is 31.9 Å². The second-order valence-corrected chi connectivity index (χ2v) is 6.51. The summed E-state index contributed by atoms with van der Waals surface area (Å²) in [7, 11) is 1.71. The number of aliphatic imine (C=N–C) groups is 1. The zero-order chi connectivity index (χ0) is 19.5. The van der Waals surface area contributed by atoms with Crippen molar-refractivity contribution < 1.29 is 17.9 Å². The Morgan fingerprint density at radius 2 is 1.89 bits per heavy atom. The maximum absolute atomic E-state index is 12.5. The Bertz CT molecular complexity index is 580. The Morgan fingerprint density at radius 3 is 2.46 bits per heavy atom. The van der Waals surface area contributed by atoms with Gasteiger partial charge in [-0.3, -0.25) is 4.99 Å². The zero-order valence-electron chi connectivity index (χ0n) is 16.0. The number of alkyl halides is 3. The fourth-order valence-corrected chi connectivity index (χ4v) is 2.31. The molecule has 1 aromatic heterocycles. The molecule has 0 bridgehead atoms. The first kappa shape index (κ1) is 24.7. The normalized spacial score (nSPS) is 14.4. The fourth-order valence-electron chi connectivity index (χ4n) is 2.31. The van der Waals surface area contributed by atoms with Gasteiger partial charge in [-0.15, -0.1) is 24.0 Å². The lowest BCUT2D eigenvalue weighted by atomic mass is 10.3. The first-order valence-electron chi connectivity index (χ1n) is 9.28. The second-order valence-electron chi connectivity index (χ2n) is 6.51. The predicted octanol–water partition coefficient (Wildman–Crippen LogP) is 3.50. The third-order valence-electron chi connectivity index (χ3n) is 4.07. The molecule has 0 aromatic carbocycles. The lowest BCUT2D eigenvalue weighted by Gasteiger charge is -2.12. The third kappa shape index (κ3) is 10.3. The van der Waals surface area contributed by atoms with E-state index in [-0.39, 0.29) is 24.0 Å². The summed E-state index contributed by atoms with van der Waals surface area (Å²) in [6.45, 7) is 3.71. The van der Waals surface area contributed by atoms with E-state index in [1.165, 1.54) is 18.9 Å². The van der Waals surface area contributed by atoms with E-state index in [0.717, 1.165) is 56.7 Å². The Morgan fingerprint density at radius 1 is 1.18 bits per heavy atom. The highest BCUT2D eigenvalue weighted by Crippen LogP contribution is 2.29. The largest absolute Gasteiger partial charge is 0.417 e. The summed E-state index contributed by atoms with van der Waals surface area (Å²) in [4.78, 5) is 7.92. The molecule has 3 N–H and O–H groups in total. The van der Waals surface area contributed by atoms with Crippen LogP contribution in [0.25, 0.3) is 0 Å². The highest BCUT2D eigenvalue weighted by atomic mass is 127. The number of nitrogens with zero attached hydrogens (tertiary/aromatic N) is 2. The summed E-state index contributed by atoms with van der Waals surface area (Å²) < 4.78 is 43.0. The first-order chi connectivity index (χ1) is 13.0. The molecule has 1 fully saturated rings. The van der Waals surface area contributed by atoms with Crippen LogP contribution in [0.1, 0.15) is 31.2 Å². The molecule has 0 aliphatic heterocycles. The number of rotatable bonds is 11. The molecule has 0 saturated heterocycles. The van der Waals surface area contributed by atoms with Gasteiger partial charge in [-0.05, 0) is 43.7 Å². The zero-order valence-corrected chi connectivity index (χ0v) is 18.3. The van der Waals surface area contributed by atoms with E-state index in [9.17, 15) is 13.2 Å². The van der Waals surface area contributed by atoms with Gasteiger partial charge in [0.05, 0.1) is 5.56 Å². The van der Waals surface area contributed by atoms with Crippen LogP contribution in [-0.4, -0.2) is 50.8 Å². The quantitative estimate of drug-likeness (QED) is 0.182. The molecule has 1 heterocycles. The standard InChI is InChI=1S/C18H28F3N5O.HI/c1-22-17(25-10-3-11-27-13-14-4-5-14)24-9-2-8-23-16-7-6-15(12-26-16)18(19,20)21;/h6-7,12,14H,2-5,8-11,13H2,1H3,(H,23,26)(H2,22,24,25);1H. The van der Waals surface area contributed by atoms with Crippen molar-refractivity contribution >= 4 is 35.8 Å². The molecule has 0 amide bonds. The predicted molar refractivity (Wildman–Crippen MR) is 115 cm³/mol. The van der Waals surface area contributed by atoms with Gasteiger partial charge in [-0.1, -0.05) is 0 Å². The minimum absolute atomic E-state index is 0. The molecule has 10 heteroatoms. The summed E-state index contributed by atoms with van der Waals surface area (Å²) in [5.74, 6) is 1.94. The minimum Gasteiger partial charge on any atom is -0.381 e. The van der Waals surface area contributed by atoms with E-state index in [1.807, 2.05) is 0 Å². The number of ether oxygens (including phenoxy) is 1. The summed E-state index contributed by atoms with van der Waals surface area (Å²) in [6, 6.07) is 2.36. The van der Waals surface area contributed by atoms with Crippen LogP contribution in [0.4, 0.5) is 19.0 Å². The SMILES string of the molecule is CN=C(NCCCNc1ccc(C(F)(F)F)cn1)NCCCOCC1CC1.I. The van der Waals surface area contributed by atoms with Crippen molar-refractivity contribution in [2.75, 3.05) is 45.2 Å². The molecule has 160 valence electrons. The summed E-state index contributed by atoms with van der Waals surface area (Å²) in [5, 5.41) is 9.41. The van der Waals surface area contributed by atoms with Crippen LogP contribution in [0, 0.1) is 5.92 Å². The van der Waals surface area contributed by atoms with E-state index in [1.54, 1.807) is 7.05 Å². The molecule has 6 nitrogen and oxygen atoms in total. The summed E-state index contributed by atoms with van der Waals surface area (Å²) in [6.07, 6.45) is 0.780. The monoisotopic (exact) mass is 515 g/mol. The van der Waals surface area contributed by atoms with Crippen LogP contribution in [0.2, 0.25) is 0 Å². The van der Waals surface area contributed by atoms with Crippen LogP contribution in [0.3, 0.4) is 0 Å². The topological polar surface area (TPSA) is 70.6 Å². The highest BCUT2D eigenvalue weighted by Gasteiger charge is 2.30. The van der Waals surface area contributed by atoms with E-state index in [4.69, 9.17) is 4.74 Å². The van der Waals surface area contributed by atoms with Gasteiger partial charge in [0.15, 0.2) is 5.96 Å². The van der Waals surface area contributed by atoms with Gasteiger partial charge in [0.25, 0.3) is 0 Å². The molecule has 1 aliphatic carbocycles.